The van der Waals surface area contributed by atoms with Gasteiger partial charge in [0.2, 0.25) is 5.91 Å². The molecule has 0 aliphatic carbocycles. The highest BCUT2D eigenvalue weighted by atomic mass is 31.2. The lowest BCUT2D eigenvalue weighted by molar-refractivity contribution is -0.130. The number of hydrogen-bond acceptors (Lipinski definition) is 2. The fourth-order valence-electron chi connectivity index (χ4n) is 3.08. The Morgan fingerprint density at radius 1 is 0.724 bits per heavy atom. The van der Waals surface area contributed by atoms with E-state index in [0.717, 1.165) is 25.9 Å². The normalized spacial score (nSPS) is 11.4. The average Bonchev–Trinajstić information content (AvgIpc) is 2.64. The Morgan fingerprint density at radius 2 is 1.10 bits per heavy atom. The van der Waals surface area contributed by atoms with Crippen LogP contribution in [0.15, 0.2) is 12.2 Å². The molecule has 0 unspecified atom stereocenters. The molecule has 0 atom stereocenters. The molecule has 3 N–H and O–H groups in total. The molecule has 0 spiro atoms. The second kappa shape index (κ2) is 22.0. The largest absolute Gasteiger partial charge is 0.466 e. The fourth-order valence-corrected chi connectivity index (χ4v) is 3.08. The Bertz CT molecular complexity index is 425. The molecule has 0 aliphatic heterocycles. The molecule has 0 radical (unpaired) electrons. The fraction of sp³-hybridized carbons (Fsp3) is 0.864. The molecule has 0 bridgehead atoms. The van der Waals surface area contributed by atoms with E-state index in [1.807, 2.05) is 4.90 Å². The highest BCUT2D eigenvalue weighted by Gasteiger charge is 2.07. The SMILES string of the molecule is CCCCCCCCC=CCCCCCCCC(=O)N(CC)CC.O=P(O)(O)O. The van der Waals surface area contributed by atoms with E-state index < -0.39 is 7.82 Å². The Morgan fingerprint density at radius 3 is 1.52 bits per heavy atom. The summed E-state index contributed by atoms with van der Waals surface area (Å²) in [6, 6.07) is 0. The highest BCUT2D eigenvalue weighted by molar-refractivity contribution is 7.45. The highest BCUT2D eigenvalue weighted by Crippen LogP contribution is 2.25. The van der Waals surface area contributed by atoms with E-state index in [9.17, 15) is 4.79 Å². The zero-order valence-electron chi connectivity index (χ0n) is 19.0. The predicted molar refractivity (Wildman–Crippen MR) is 122 cm³/mol. The van der Waals surface area contributed by atoms with Crippen molar-refractivity contribution in [1.82, 2.24) is 4.90 Å². The number of unbranched alkanes of at least 4 members (excludes halogenated alkanes) is 11. The third-order valence-electron chi connectivity index (χ3n) is 4.77. The van der Waals surface area contributed by atoms with E-state index in [4.69, 9.17) is 19.2 Å². The summed E-state index contributed by atoms with van der Waals surface area (Å²) in [4.78, 5) is 35.4. The third-order valence-corrected chi connectivity index (χ3v) is 4.77. The first-order valence-corrected chi connectivity index (χ1v) is 13.0. The summed E-state index contributed by atoms with van der Waals surface area (Å²) < 4.78 is 8.88. The zero-order chi connectivity index (χ0) is 22.4. The minimum atomic E-state index is -4.64. The second-order valence-electron chi connectivity index (χ2n) is 7.41. The quantitative estimate of drug-likeness (QED) is 0.149. The summed E-state index contributed by atoms with van der Waals surface area (Å²) in [6.45, 7) is 8.08. The van der Waals surface area contributed by atoms with Gasteiger partial charge in [-0.2, -0.15) is 0 Å². The molecule has 0 aromatic carbocycles. The lowest BCUT2D eigenvalue weighted by Crippen LogP contribution is -2.30. The molecule has 174 valence electrons. The monoisotopic (exact) mass is 435 g/mol. The van der Waals surface area contributed by atoms with Crippen molar-refractivity contribution in [3.8, 4) is 0 Å². The van der Waals surface area contributed by atoms with Gasteiger partial charge in [0.15, 0.2) is 0 Å². The predicted octanol–water partition coefficient (Wildman–Crippen LogP) is 5.96. The summed E-state index contributed by atoms with van der Waals surface area (Å²) in [7, 11) is -4.64. The Labute approximate surface area is 179 Å². The van der Waals surface area contributed by atoms with E-state index in [-0.39, 0.29) is 0 Å². The van der Waals surface area contributed by atoms with E-state index in [0.29, 0.717) is 5.91 Å². The Kier molecular flexibility index (Phi) is 23.2. The van der Waals surface area contributed by atoms with Crippen LogP contribution in [0.25, 0.3) is 0 Å². The summed E-state index contributed by atoms with van der Waals surface area (Å²) in [5.41, 5.74) is 0. The smallest absolute Gasteiger partial charge is 0.343 e. The average molecular weight is 436 g/mol. The molecule has 0 rings (SSSR count). The minimum Gasteiger partial charge on any atom is -0.343 e. The first-order valence-electron chi connectivity index (χ1n) is 11.5. The number of carbonyl (C=O) groups is 1. The van der Waals surface area contributed by atoms with Crippen molar-refractivity contribution < 1.29 is 24.0 Å². The van der Waals surface area contributed by atoms with Gasteiger partial charge in [-0.1, -0.05) is 70.4 Å². The van der Waals surface area contributed by atoms with Crippen LogP contribution in [0.4, 0.5) is 0 Å². The van der Waals surface area contributed by atoms with Crippen molar-refractivity contribution >= 4 is 13.7 Å². The number of carbonyl (C=O) groups excluding carboxylic acids is 1. The molecule has 1 amide bonds. The summed E-state index contributed by atoms with van der Waals surface area (Å²) in [6.07, 6.45) is 22.5. The maximum Gasteiger partial charge on any atom is 0.466 e. The van der Waals surface area contributed by atoms with Crippen LogP contribution in [-0.2, 0) is 9.36 Å². The minimum absolute atomic E-state index is 0.331. The van der Waals surface area contributed by atoms with Crippen LogP contribution < -0.4 is 0 Å². The van der Waals surface area contributed by atoms with Gasteiger partial charge < -0.3 is 19.6 Å². The number of nitrogens with zero attached hydrogens (tertiary/aromatic N) is 1. The topological polar surface area (TPSA) is 98.1 Å². The van der Waals surface area contributed by atoms with Gasteiger partial charge in [0.05, 0.1) is 0 Å². The molecular weight excluding hydrogens is 389 g/mol. The van der Waals surface area contributed by atoms with Gasteiger partial charge in [-0.3, -0.25) is 4.79 Å². The van der Waals surface area contributed by atoms with Gasteiger partial charge in [-0.15, -0.1) is 0 Å². The van der Waals surface area contributed by atoms with Gasteiger partial charge in [0, 0.05) is 19.5 Å². The molecule has 0 aromatic heterocycles. The van der Waals surface area contributed by atoms with Gasteiger partial charge >= 0.3 is 7.82 Å². The first-order chi connectivity index (χ1) is 13.8. The maximum absolute atomic E-state index is 11.9. The number of amides is 1. The summed E-state index contributed by atoms with van der Waals surface area (Å²) in [5, 5.41) is 0. The van der Waals surface area contributed by atoms with Gasteiger partial charge in [0.1, 0.15) is 0 Å². The van der Waals surface area contributed by atoms with E-state index >= 15 is 0 Å². The van der Waals surface area contributed by atoms with E-state index in [1.165, 1.54) is 77.0 Å². The third kappa shape index (κ3) is 29.6. The van der Waals surface area contributed by atoms with Crippen LogP contribution in [0.2, 0.25) is 0 Å². The van der Waals surface area contributed by atoms with Crippen molar-refractivity contribution in [3.63, 3.8) is 0 Å². The van der Waals surface area contributed by atoms with Crippen LogP contribution >= 0.6 is 7.82 Å². The lowest BCUT2D eigenvalue weighted by Gasteiger charge is -2.18. The molecule has 0 aliphatic rings. The van der Waals surface area contributed by atoms with Crippen LogP contribution in [0.3, 0.4) is 0 Å². The number of phosphoric acid groups is 1. The molecule has 29 heavy (non-hydrogen) atoms. The molecular formula is C22H46NO5P. The van der Waals surface area contributed by atoms with Crippen LogP contribution in [0.5, 0.6) is 0 Å². The lowest BCUT2D eigenvalue weighted by atomic mass is 10.1. The molecule has 0 heterocycles. The van der Waals surface area contributed by atoms with Crippen molar-refractivity contribution in [2.75, 3.05) is 13.1 Å². The van der Waals surface area contributed by atoms with Gasteiger partial charge in [-0.25, -0.2) is 4.57 Å². The maximum atomic E-state index is 11.9. The number of rotatable bonds is 17. The summed E-state index contributed by atoms with van der Waals surface area (Å²) >= 11 is 0. The molecule has 6 nitrogen and oxygen atoms in total. The van der Waals surface area contributed by atoms with Crippen LogP contribution in [0, 0.1) is 0 Å². The number of hydrogen-bond donors (Lipinski definition) is 3. The van der Waals surface area contributed by atoms with Crippen molar-refractivity contribution in [2.24, 2.45) is 0 Å². The van der Waals surface area contributed by atoms with E-state index in [2.05, 4.69) is 32.9 Å². The van der Waals surface area contributed by atoms with Crippen molar-refractivity contribution in [2.45, 2.75) is 111 Å². The van der Waals surface area contributed by atoms with Crippen molar-refractivity contribution in [3.05, 3.63) is 12.2 Å². The van der Waals surface area contributed by atoms with Crippen molar-refractivity contribution in [1.29, 1.82) is 0 Å². The standard InChI is InChI=1S/C22H43NO.H3O4P/c1-4-7-8-9-10-11-12-13-14-15-16-17-18-19-20-21-22(24)23(5-2)6-3;1-5(2,3)4/h13-14H,4-12,15-21H2,1-3H3;(H3,1,2,3,4). The van der Waals surface area contributed by atoms with Crippen LogP contribution in [0.1, 0.15) is 111 Å². The molecule has 0 fully saturated rings. The molecule has 0 saturated heterocycles. The first kappa shape index (κ1) is 30.5. The Hall–Kier alpha value is -0.680. The summed E-state index contributed by atoms with van der Waals surface area (Å²) in [5.74, 6) is 0.331. The second-order valence-corrected chi connectivity index (χ2v) is 8.44. The Balaban J connectivity index is 0. The number of allylic oxidation sites excluding steroid dienone is 2. The molecule has 0 aromatic rings. The molecule has 7 heteroatoms. The zero-order valence-corrected chi connectivity index (χ0v) is 19.9. The van der Waals surface area contributed by atoms with E-state index in [1.54, 1.807) is 0 Å². The molecule has 0 saturated carbocycles. The van der Waals surface area contributed by atoms with Gasteiger partial charge in [0.25, 0.3) is 0 Å². The van der Waals surface area contributed by atoms with Gasteiger partial charge in [-0.05, 0) is 46.0 Å². The van der Waals surface area contributed by atoms with Crippen LogP contribution in [-0.4, -0.2) is 38.6 Å².